The third-order valence-corrected chi connectivity index (χ3v) is 7.76. The van der Waals surface area contributed by atoms with E-state index < -0.39 is 10.0 Å². The largest absolute Gasteiger partial charge is 0.459 e. The van der Waals surface area contributed by atoms with Gasteiger partial charge in [-0.2, -0.15) is 4.31 Å². The zero-order valence-corrected chi connectivity index (χ0v) is 17.5. The van der Waals surface area contributed by atoms with Gasteiger partial charge in [0, 0.05) is 30.7 Å². The molecule has 2 aliphatic rings. The van der Waals surface area contributed by atoms with Crippen molar-refractivity contribution in [3.63, 3.8) is 0 Å². The Balaban J connectivity index is 1.50. The molecule has 0 unspecified atom stereocenters. The van der Waals surface area contributed by atoms with E-state index in [9.17, 15) is 18.0 Å². The van der Waals surface area contributed by atoms with Crippen LogP contribution in [-0.4, -0.2) is 42.7 Å². The van der Waals surface area contributed by atoms with Crippen molar-refractivity contribution in [1.82, 2.24) is 9.62 Å². The Kier molecular flexibility index (Phi) is 5.66. The second-order valence-electron chi connectivity index (χ2n) is 7.90. The van der Waals surface area contributed by atoms with E-state index >= 15 is 0 Å². The number of hydrogen-bond donors (Lipinski definition) is 2. The minimum atomic E-state index is -3.67. The summed E-state index contributed by atoms with van der Waals surface area (Å²) in [5.41, 5.74) is 0.556. The molecule has 30 heavy (non-hydrogen) atoms. The minimum Gasteiger partial charge on any atom is -0.459 e. The van der Waals surface area contributed by atoms with E-state index in [4.69, 9.17) is 4.42 Å². The Labute approximate surface area is 175 Å². The lowest BCUT2D eigenvalue weighted by molar-refractivity contribution is -0.114. The predicted octanol–water partition coefficient (Wildman–Crippen LogP) is 2.74. The van der Waals surface area contributed by atoms with Crippen LogP contribution in [0.2, 0.25) is 0 Å². The maximum Gasteiger partial charge on any atom is 0.287 e. The van der Waals surface area contributed by atoms with Gasteiger partial charge in [0.05, 0.1) is 11.2 Å². The number of amides is 2. The number of carbonyl (C=O) groups is 2. The highest BCUT2D eigenvalue weighted by molar-refractivity contribution is 7.89. The van der Waals surface area contributed by atoms with Gasteiger partial charge >= 0.3 is 0 Å². The number of nitrogens with zero attached hydrogens (tertiary/aromatic N) is 1. The summed E-state index contributed by atoms with van der Waals surface area (Å²) in [7, 11) is -3.67. The molecule has 3 heterocycles. The molecular weight excluding hydrogens is 406 g/mol. The smallest absolute Gasteiger partial charge is 0.287 e. The van der Waals surface area contributed by atoms with E-state index in [1.54, 1.807) is 28.6 Å². The highest BCUT2D eigenvalue weighted by Crippen LogP contribution is 2.38. The van der Waals surface area contributed by atoms with E-state index in [1.807, 2.05) is 0 Å². The second kappa shape index (κ2) is 8.23. The number of hydrogen-bond acceptors (Lipinski definition) is 5. The van der Waals surface area contributed by atoms with E-state index in [2.05, 4.69) is 10.6 Å². The lowest BCUT2D eigenvalue weighted by Gasteiger charge is -2.47. The fraction of sp³-hybridized carbons (Fsp3) is 0.429. The summed E-state index contributed by atoms with van der Waals surface area (Å²) < 4.78 is 33.6. The number of sulfonamides is 1. The molecule has 2 aromatic rings. The SMILES string of the molecule is CC(=O)Nc1ccc(S(=O)(=O)N2[C@H]3CCC[C@H]2CC(NC(=O)c2ccco2)C3)cc1. The zero-order valence-electron chi connectivity index (χ0n) is 16.7. The molecule has 2 fully saturated rings. The molecule has 8 nitrogen and oxygen atoms in total. The minimum absolute atomic E-state index is 0.0912. The van der Waals surface area contributed by atoms with Crippen molar-refractivity contribution in [2.45, 2.75) is 62.0 Å². The van der Waals surface area contributed by atoms with E-state index in [-0.39, 0.29) is 40.6 Å². The number of piperidine rings is 2. The fourth-order valence-corrected chi connectivity index (χ4v) is 6.44. The van der Waals surface area contributed by atoms with Crippen LogP contribution in [0.1, 0.15) is 49.6 Å². The van der Waals surface area contributed by atoms with Crippen molar-refractivity contribution in [2.24, 2.45) is 0 Å². The number of anilines is 1. The second-order valence-corrected chi connectivity index (χ2v) is 9.74. The molecule has 2 aliphatic heterocycles. The molecule has 2 atom stereocenters. The van der Waals surface area contributed by atoms with Gasteiger partial charge in [0.25, 0.3) is 5.91 Å². The number of fused-ring (bicyclic) bond motifs is 2. The van der Waals surface area contributed by atoms with Crippen molar-refractivity contribution in [3.8, 4) is 0 Å². The highest BCUT2D eigenvalue weighted by Gasteiger charge is 2.45. The van der Waals surface area contributed by atoms with Gasteiger partial charge in [0.15, 0.2) is 5.76 Å². The summed E-state index contributed by atoms with van der Waals surface area (Å²) in [6, 6.07) is 9.13. The molecule has 4 rings (SSSR count). The highest BCUT2D eigenvalue weighted by atomic mass is 32.2. The van der Waals surface area contributed by atoms with Crippen LogP contribution < -0.4 is 10.6 Å². The first-order valence-electron chi connectivity index (χ1n) is 10.1. The topological polar surface area (TPSA) is 109 Å². The molecule has 9 heteroatoms. The Morgan fingerprint density at radius 2 is 1.73 bits per heavy atom. The van der Waals surface area contributed by atoms with E-state index in [0.29, 0.717) is 18.5 Å². The van der Waals surface area contributed by atoms with Crippen LogP contribution in [0.4, 0.5) is 5.69 Å². The van der Waals surface area contributed by atoms with Crippen LogP contribution in [0.3, 0.4) is 0 Å². The number of carbonyl (C=O) groups excluding carboxylic acids is 2. The van der Waals surface area contributed by atoms with Gasteiger partial charge in [0.2, 0.25) is 15.9 Å². The molecule has 0 aliphatic carbocycles. The molecule has 2 N–H and O–H groups in total. The molecule has 1 aromatic carbocycles. The fourth-order valence-electron chi connectivity index (χ4n) is 4.55. The average molecular weight is 432 g/mol. The summed E-state index contributed by atoms with van der Waals surface area (Å²) in [5, 5.41) is 5.64. The van der Waals surface area contributed by atoms with Crippen LogP contribution >= 0.6 is 0 Å². The normalized spacial score (nSPS) is 24.2. The molecule has 2 saturated heterocycles. The predicted molar refractivity (Wildman–Crippen MR) is 110 cm³/mol. The number of benzene rings is 1. The maximum atomic E-state index is 13.4. The summed E-state index contributed by atoms with van der Waals surface area (Å²) in [6.45, 7) is 1.40. The van der Waals surface area contributed by atoms with Crippen LogP contribution in [0.15, 0.2) is 52.0 Å². The van der Waals surface area contributed by atoms with Gasteiger partial charge in [-0.1, -0.05) is 6.42 Å². The number of rotatable bonds is 5. The van der Waals surface area contributed by atoms with E-state index in [0.717, 1.165) is 19.3 Å². The summed E-state index contributed by atoms with van der Waals surface area (Å²) in [6.07, 6.45) is 5.12. The molecule has 160 valence electrons. The molecule has 0 radical (unpaired) electrons. The van der Waals surface area contributed by atoms with Crippen LogP contribution in [-0.2, 0) is 14.8 Å². The Morgan fingerprint density at radius 1 is 1.07 bits per heavy atom. The Morgan fingerprint density at radius 3 is 2.30 bits per heavy atom. The lowest BCUT2D eigenvalue weighted by atomic mass is 9.84. The number of furan rings is 1. The van der Waals surface area contributed by atoms with Crippen molar-refractivity contribution < 1.29 is 22.4 Å². The Bertz CT molecular complexity index is 1000. The van der Waals surface area contributed by atoms with E-state index in [1.165, 1.54) is 25.3 Å². The third-order valence-electron chi connectivity index (χ3n) is 5.74. The number of nitrogens with one attached hydrogen (secondary N) is 2. The first kappa shape index (κ1) is 20.6. The standard InChI is InChI=1S/C21H25N3O5S/c1-14(25)22-15-7-9-19(10-8-15)30(27,28)24-17-4-2-5-18(24)13-16(12-17)23-21(26)20-6-3-11-29-20/h3,6-11,16-18H,2,4-5,12-13H2,1H3,(H,22,25)(H,23,26)/t17-,18-/m0/s1. The van der Waals surface area contributed by atoms with Gasteiger partial charge in [-0.3, -0.25) is 9.59 Å². The molecule has 0 spiro atoms. The molecule has 2 bridgehead atoms. The first-order chi connectivity index (χ1) is 14.3. The van der Waals surface area contributed by atoms with Crippen molar-refractivity contribution in [1.29, 1.82) is 0 Å². The Hall–Kier alpha value is -2.65. The third kappa shape index (κ3) is 4.13. The molecule has 2 amide bonds. The van der Waals surface area contributed by atoms with Gasteiger partial charge in [0.1, 0.15) is 0 Å². The molecule has 1 aromatic heterocycles. The van der Waals surface area contributed by atoms with Crippen LogP contribution in [0.25, 0.3) is 0 Å². The van der Waals surface area contributed by atoms with Gasteiger partial charge in [-0.05, 0) is 62.1 Å². The van der Waals surface area contributed by atoms with Crippen LogP contribution in [0, 0.1) is 0 Å². The molecule has 0 saturated carbocycles. The van der Waals surface area contributed by atoms with Gasteiger partial charge < -0.3 is 15.1 Å². The van der Waals surface area contributed by atoms with Crippen molar-refractivity contribution in [2.75, 3.05) is 5.32 Å². The summed E-state index contributed by atoms with van der Waals surface area (Å²) in [5.74, 6) is -0.221. The molecular formula is C21H25N3O5S. The zero-order chi connectivity index (χ0) is 21.3. The lowest BCUT2D eigenvalue weighted by Crippen LogP contribution is -2.58. The average Bonchev–Trinajstić information content (AvgIpc) is 3.22. The van der Waals surface area contributed by atoms with Crippen LogP contribution in [0.5, 0.6) is 0 Å². The monoisotopic (exact) mass is 431 g/mol. The van der Waals surface area contributed by atoms with Crippen molar-refractivity contribution >= 4 is 27.5 Å². The van der Waals surface area contributed by atoms with Gasteiger partial charge in [-0.15, -0.1) is 0 Å². The summed E-state index contributed by atoms with van der Waals surface area (Å²) >= 11 is 0. The summed E-state index contributed by atoms with van der Waals surface area (Å²) in [4.78, 5) is 23.7. The van der Waals surface area contributed by atoms with Gasteiger partial charge in [-0.25, -0.2) is 8.42 Å². The maximum absolute atomic E-state index is 13.4. The quantitative estimate of drug-likeness (QED) is 0.757. The first-order valence-corrected chi connectivity index (χ1v) is 11.5. The van der Waals surface area contributed by atoms with Crippen molar-refractivity contribution in [3.05, 3.63) is 48.4 Å².